The molecule has 0 saturated carbocycles. The number of aromatic nitrogens is 2. The lowest BCUT2D eigenvalue weighted by Gasteiger charge is -2.10. The standard InChI is InChI=1S/C12H20IN3S/c1-5-9-11(13)12(14-4)16-10(15-9)7-17-6-8(2)3/h8H,5-7H2,1-4H3,(H,14,15,16). The van der Waals surface area contributed by atoms with Gasteiger partial charge in [-0.05, 0) is 40.7 Å². The van der Waals surface area contributed by atoms with Crippen molar-refractivity contribution in [2.75, 3.05) is 18.1 Å². The van der Waals surface area contributed by atoms with E-state index in [-0.39, 0.29) is 0 Å². The Balaban J connectivity index is 2.78. The molecule has 0 radical (unpaired) electrons. The summed E-state index contributed by atoms with van der Waals surface area (Å²) in [5, 5.41) is 3.14. The number of aryl methyl sites for hydroxylation is 1. The maximum atomic E-state index is 4.62. The summed E-state index contributed by atoms with van der Waals surface area (Å²) in [6, 6.07) is 0. The average molecular weight is 365 g/mol. The molecule has 0 amide bonds. The molecule has 0 aromatic carbocycles. The highest BCUT2D eigenvalue weighted by Gasteiger charge is 2.10. The molecule has 1 rings (SSSR count). The van der Waals surface area contributed by atoms with E-state index in [2.05, 4.69) is 58.6 Å². The van der Waals surface area contributed by atoms with Gasteiger partial charge in [0.05, 0.1) is 15.0 Å². The molecule has 1 aromatic rings. The van der Waals surface area contributed by atoms with Gasteiger partial charge in [0.25, 0.3) is 0 Å². The first-order valence-electron chi connectivity index (χ1n) is 5.89. The minimum Gasteiger partial charge on any atom is -0.372 e. The maximum absolute atomic E-state index is 4.62. The molecule has 0 spiro atoms. The number of thioether (sulfide) groups is 1. The molecule has 5 heteroatoms. The summed E-state index contributed by atoms with van der Waals surface area (Å²) in [6.45, 7) is 6.60. The van der Waals surface area contributed by atoms with Crippen LogP contribution in [0.2, 0.25) is 0 Å². The molecule has 0 aliphatic heterocycles. The fourth-order valence-electron chi connectivity index (χ4n) is 1.40. The van der Waals surface area contributed by atoms with E-state index in [4.69, 9.17) is 0 Å². The summed E-state index contributed by atoms with van der Waals surface area (Å²) in [6.07, 6.45) is 0.956. The van der Waals surface area contributed by atoms with Gasteiger partial charge in [-0.3, -0.25) is 0 Å². The zero-order valence-electron chi connectivity index (χ0n) is 10.9. The zero-order chi connectivity index (χ0) is 12.8. The molecular formula is C12H20IN3S. The number of anilines is 1. The molecule has 3 nitrogen and oxygen atoms in total. The van der Waals surface area contributed by atoms with E-state index in [1.165, 1.54) is 0 Å². The van der Waals surface area contributed by atoms with E-state index < -0.39 is 0 Å². The quantitative estimate of drug-likeness (QED) is 0.783. The molecule has 1 N–H and O–H groups in total. The highest BCUT2D eigenvalue weighted by Crippen LogP contribution is 2.21. The van der Waals surface area contributed by atoms with Crippen molar-refractivity contribution >= 4 is 40.2 Å². The van der Waals surface area contributed by atoms with E-state index in [0.29, 0.717) is 0 Å². The summed E-state index contributed by atoms with van der Waals surface area (Å²) in [7, 11) is 1.91. The number of hydrogen-bond acceptors (Lipinski definition) is 4. The van der Waals surface area contributed by atoms with E-state index in [9.17, 15) is 0 Å². The highest BCUT2D eigenvalue weighted by molar-refractivity contribution is 14.1. The normalized spacial score (nSPS) is 10.9. The van der Waals surface area contributed by atoms with Crippen molar-refractivity contribution in [3.63, 3.8) is 0 Å². The number of halogens is 1. The molecule has 1 aromatic heterocycles. The van der Waals surface area contributed by atoms with Crippen LogP contribution in [0.1, 0.15) is 32.3 Å². The Morgan fingerprint density at radius 2 is 2.06 bits per heavy atom. The van der Waals surface area contributed by atoms with Gasteiger partial charge in [0, 0.05) is 7.05 Å². The third kappa shape index (κ3) is 4.62. The van der Waals surface area contributed by atoms with E-state index >= 15 is 0 Å². The molecule has 0 atom stereocenters. The van der Waals surface area contributed by atoms with Crippen LogP contribution in [0.3, 0.4) is 0 Å². The summed E-state index contributed by atoms with van der Waals surface area (Å²) >= 11 is 4.22. The van der Waals surface area contributed by atoms with Crippen LogP contribution in [-0.4, -0.2) is 22.8 Å². The van der Waals surface area contributed by atoms with E-state index in [0.717, 1.165) is 44.8 Å². The van der Waals surface area contributed by atoms with Crippen molar-refractivity contribution in [2.24, 2.45) is 5.92 Å². The average Bonchev–Trinajstić information content (AvgIpc) is 2.30. The van der Waals surface area contributed by atoms with Gasteiger partial charge in [-0.25, -0.2) is 9.97 Å². The van der Waals surface area contributed by atoms with Crippen LogP contribution in [-0.2, 0) is 12.2 Å². The van der Waals surface area contributed by atoms with Gasteiger partial charge >= 0.3 is 0 Å². The zero-order valence-corrected chi connectivity index (χ0v) is 13.9. The van der Waals surface area contributed by atoms with Crippen molar-refractivity contribution in [1.82, 2.24) is 9.97 Å². The number of nitrogens with one attached hydrogen (secondary N) is 1. The predicted octanol–water partition coefficient (Wildman–Crippen LogP) is 3.57. The smallest absolute Gasteiger partial charge is 0.143 e. The topological polar surface area (TPSA) is 37.8 Å². The summed E-state index contributed by atoms with van der Waals surface area (Å²) < 4.78 is 1.14. The van der Waals surface area contributed by atoms with Gasteiger partial charge in [-0.2, -0.15) is 11.8 Å². The summed E-state index contributed by atoms with van der Waals surface area (Å²) in [5.74, 6) is 4.68. The second kappa shape index (κ2) is 7.41. The Hall–Kier alpha value is -0.0400. The fourth-order valence-corrected chi connectivity index (χ4v) is 3.19. The van der Waals surface area contributed by atoms with Crippen LogP contribution in [0.5, 0.6) is 0 Å². The van der Waals surface area contributed by atoms with Gasteiger partial charge in [0.1, 0.15) is 11.6 Å². The van der Waals surface area contributed by atoms with Crippen molar-refractivity contribution in [2.45, 2.75) is 32.9 Å². The second-order valence-electron chi connectivity index (χ2n) is 4.26. The van der Waals surface area contributed by atoms with Crippen molar-refractivity contribution in [3.8, 4) is 0 Å². The van der Waals surface area contributed by atoms with Gasteiger partial charge < -0.3 is 5.32 Å². The predicted molar refractivity (Wildman–Crippen MR) is 84.7 cm³/mol. The third-order valence-corrected chi connectivity index (χ3v) is 4.72. The molecule has 17 heavy (non-hydrogen) atoms. The Bertz CT molecular complexity index is 344. The third-order valence-electron chi connectivity index (χ3n) is 2.22. The number of rotatable bonds is 6. The highest BCUT2D eigenvalue weighted by atomic mass is 127. The Morgan fingerprint density at radius 3 is 2.59 bits per heavy atom. The second-order valence-corrected chi connectivity index (χ2v) is 6.37. The minimum absolute atomic E-state index is 0.721. The first kappa shape index (κ1) is 15.0. The monoisotopic (exact) mass is 365 g/mol. The SMILES string of the molecule is CCc1nc(CSCC(C)C)nc(NC)c1I. The van der Waals surface area contributed by atoms with Crippen LogP contribution in [0.25, 0.3) is 0 Å². The molecule has 0 aliphatic rings. The molecule has 0 unspecified atom stereocenters. The largest absolute Gasteiger partial charge is 0.372 e. The first-order chi connectivity index (χ1) is 8.08. The van der Waals surface area contributed by atoms with Crippen molar-refractivity contribution in [3.05, 3.63) is 15.1 Å². The first-order valence-corrected chi connectivity index (χ1v) is 8.12. The van der Waals surface area contributed by atoms with Gasteiger partial charge in [-0.1, -0.05) is 20.8 Å². The van der Waals surface area contributed by atoms with Crippen LogP contribution in [0, 0.1) is 9.49 Å². The van der Waals surface area contributed by atoms with E-state index in [1.807, 2.05) is 18.8 Å². The van der Waals surface area contributed by atoms with Crippen LogP contribution in [0.15, 0.2) is 0 Å². The Kier molecular flexibility index (Phi) is 6.54. The van der Waals surface area contributed by atoms with Crippen molar-refractivity contribution in [1.29, 1.82) is 0 Å². The van der Waals surface area contributed by atoms with Gasteiger partial charge in [0.2, 0.25) is 0 Å². The van der Waals surface area contributed by atoms with Crippen LogP contribution in [0.4, 0.5) is 5.82 Å². The minimum atomic E-state index is 0.721. The Morgan fingerprint density at radius 1 is 1.35 bits per heavy atom. The molecule has 96 valence electrons. The van der Waals surface area contributed by atoms with Gasteiger partial charge in [-0.15, -0.1) is 0 Å². The summed E-state index contributed by atoms with van der Waals surface area (Å²) in [4.78, 5) is 9.16. The Labute approximate surface area is 122 Å². The van der Waals surface area contributed by atoms with E-state index in [1.54, 1.807) is 0 Å². The lowest BCUT2D eigenvalue weighted by molar-refractivity contribution is 0.749. The molecule has 0 fully saturated rings. The van der Waals surface area contributed by atoms with Crippen molar-refractivity contribution < 1.29 is 0 Å². The maximum Gasteiger partial charge on any atom is 0.143 e. The van der Waals surface area contributed by atoms with Crippen LogP contribution >= 0.6 is 34.4 Å². The summed E-state index contributed by atoms with van der Waals surface area (Å²) in [5.41, 5.74) is 1.14. The van der Waals surface area contributed by atoms with Crippen LogP contribution < -0.4 is 5.32 Å². The molecular weight excluding hydrogens is 345 g/mol. The lowest BCUT2D eigenvalue weighted by Crippen LogP contribution is -2.06. The number of hydrogen-bond donors (Lipinski definition) is 1. The lowest BCUT2D eigenvalue weighted by atomic mass is 10.3. The fraction of sp³-hybridized carbons (Fsp3) is 0.667. The molecule has 0 aliphatic carbocycles. The molecule has 0 saturated heterocycles. The van der Waals surface area contributed by atoms with Gasteiger partial charge in [0.15, 0.2) is 0 Å². The molecule has 0 bridgehead atoms. The molecule has 1 heterocycles. The number of nitrogens with zero attached hydrogens (tertiary/aromatic N) is 2.